The van der Waals surface area contributed by atoms with Gasteiger partial charge >= 0.3 is 5.91 Å². The highest BCUT2D eigenvalue weighted by Crippen LogP contribution is 2.30. The van der Waals surface area contributed by atoms with Crippen LogP contribution in [0.3, 0.4) is 0 Å². The summed E-state index contributed by atoms with van der Waals surface area (Å²) in [5.41, 5.74) is 7.06. The lowest BCUT2D eigenvalue weighted by atomic mass is 9.91. The normalized spacial score (nSPS) is 18.8. The number of ketones is 1. The minimum atomic E-state index is -0.763. The smallest absolute Gasteiger partial charge is 0.301 e. The maximum atomic E-state index is 13.4. The van der Waals surface area contributed by atoms with Gasteiger partial charge in [-0.3, -0.25) is 14.4 Å². The molecule has 1 aliphatic rings. The Morgan fingerprint density at radius 3 is 2.17 bits per heavy atom. The van der Waals surface area contributed by atoms with Gasteiger partial charge in [0.1, 0.15) is 5.82 Å². The largest absolute Gasteiger partial charge is 0.393 e. The van der Waals surface area contributed by atoms with Crippen molar-refractivity contribution in [3.63, 3.8) is 0 Å². The van der Waals surface area contributed by atoms with Gasteiger partial charge in [-0.15, -0.1) is 0 Å². The molecule has 0 bridgehead atoms. The van der Waals surface area contributed by atoms with Gasteiger partial charge in [-0.1, -0.05) is 0 Å². The standard InChI is InChI=1S/C22H26FN3O4/c1-12-18(21(24)29)13(2)25(3)19(12)20(28)22(30)26(15-6-4-14(23)5-7-15)16-8-10-17(27)11-9-16/h4-7,16-17,27H,8-11H2,1-3H3,(H2,24,29). The average Bonchev–Trinajstić information content (AvgIpc) is 2.93. The number of aliphatic hydroxyl groups excluding tert-OH is 1. The predicted octanol–water partition coefficient (Wildman–Crippen LogP) is 2.40. The third kappa shape index (κ3) is 3.87. The first kappa shape index (κ1) is 21.7. The number of carbonyl (C=O) groups is 3. The van der Waals surface area contributed by atoms with E-state index in [0.717, 1.165) is 0 Å². The minimum Gasteiger partial charge on any atom is -0.393 e. The molecular weight excluding hydrogens is 389 g/mol. The number of nitrogens with zero attached hydrogens (tertiary/aromatic N) is 2. The van der Waals surface area contributed by atoms with Crippen LogP contribution in [0, 0.1) is 19.7 Å². The van der Waals surface area contributed by atoms with Gasteiger partial charge in [0, 0.05) is 24.5 Å². The molecule has 1 aliphatic carbocycles. The molecule has 0 unspecified atom stereocenters. The lowest BCUT2D eigenvalue weighted by Crippen LogP contribution is -2.46. The first-order chi connectivity index (χ1) is 14.1. The van der Waals surface area contributed by atoms with E-state index in [2.05, 4.69) is 0 Å². The Hall–Kier alpha value is -3.00. The highest BCUT2D eigenvalue weighted by atomic mass is 19.1. The fourth-order valence-corrected chi connectivity index (χ4v) is 4.29. The molecule has 1 aromatic carbocycles. The molecule has 2 amide bonds. The van der Waals surface area contributed by atoms with E-state index in [0.29, 0.717) is 42.6 Å². The van der Waals surface area contributed by atoms with Crippen LogP contribution in [0.4, 0.5) is 10.1 Å². The van der Waals surface area contributed by atoms with Crippen molar-refractivity contribution in [3.05, 3.63) is 52.6 Å². The Bertz CT molecular complexity index is 989. The Balaban J connectivity index is 2.03. The molecule has 1 fully saturated rings. The average molecular weight is 415 g/mol. The van der Waals surface area contributed by atoms with Gasteiger partial charge in [0.05, 0.1) is 17.4 Å². The third-order valence-electron chi connectivity index (χ3n) is 5.94. The van der Waals surface area contributed by atoms with Crippen LogP contribution >= 0.6 is 0 Å². The molecule has 3 rings (SSSR count). The number of nitrogens with two attached hydrogens (primary N) is 1. The van der Waals surface area contributed by atoms with Gasteiger partial charge in [0.15, 0.2) is 0 Å². The van der Waals surface area contributed by atoms with Crippen LogP contribution in [0.5, 0.6) is 0 Å². The first-order valence-corrected chi connectivity index (χ1v) is 9.90. The number of halogens is 1. The van der Waals surface area contributed by atoms with Crippen LogP contribution in [0.25, 0.3) is 0 Å². The molecule has 0 spiro atoms. The van der Waals surface area contributed by atoms with Gasteiger partial charge in [-0.05, 0) is 69.4 Å². The van der Waals surface area contributed by atoms with Crippen molar-refractivity contribution in [1.82, 2.24) is 4.57 Å². The van der Waals surface area contributed by atoms with E-state index in [4.69, 9.17) is 5.73 Å². The maximum Gasteiger partial charge on any atom is 0.301 e. The monoisotopic (exact) mass is 415 g/mol. The summed E-state index contributed by atoms with van der Waals surface area (Å²) in [7, 11) is 1.61. The van der Waals surface area contributed by atoms with E-state index < -0.39 is 29.5 Å². The number of aliphatic hydroxyl groups is 1. The molecule has 0 radical (unpaired) electrons. The number of primary amides is 1. The summed E-state index contributed by atoms with van der Waals surface area (Å²) < 4.78 is 14.9. The fraction of sp³-hybridized carbons (Fsp3) is 0.409. The second-order valence-corrected chi connectivity index (χ2v) is 7.80. The summed E-state index contributed by atoms with van der Waals surface area (Å²) in [6, 6.07) is 5.10. The van der Waals surface area contributed by atoms with Crippen LogP contribution in [0.2, 0.25) is 0 Å². The topological polar surface area (TPSA) is 106 Å². The summed E-state index contributed by atoms with van der Waals surface area (Å²) in [5.74, 6) is -2.64. The summed E-state index contributed by atoms with van der Waals surface area (Å²) in [5, 5.41) is 9.83. The van der Waals surface area contributed by atoms with Crippen molar-refractivity contribution in [3.8, 4) is 0 Å². The van der Waals surface area contributed by atoms with E-state index >= 15 is 0 Å². The molecule has 0 atom stereocenters. The van der Waals surface area contributed by atoms with Crippen molar-refractivity contribution in [2.75, 3.05) is 4.90 Å². The number of amides is 2. The number of carbonyl (C=O) groups excluding carboxylic acids is 3. The van der Waals surface area contributed by atoms with Gasteiger partial charge in [0.25, 0.3) is 11.7 Å². The van der Waals surface area contributed by atoms with Crippen LogP contribution in [-0.4, -0.2) is 39.4 Å². The van der Waals surface area contributed by atoms with Gasteiger partial charge in [-0.2, -0.15) is 0 Å². The highest BCUT2D eigenvalue weighted by molar-refractivity contribution is 6.47. The Labute approximate surface area is 174 Å². The molecule has 1 heterocycles. The summed E-state index contributed by atoms with van der Waals surface area (Å²) in [6.45, 7) is 3.25. The van der Waals surface area contributed by atoms with Crippen LogP contribution in [0.15, 0.2) is 24.3 Å². The van der Waals surface area contributed by atoms with E-state index in [1.165, 1.54) is 33.7 Å². The molecule has 0 aliphatic heterocycles. The number of hydrogen-bond acceptors (Lipinski definition) is 4. The van der Waals surface area contributed by atoms with E-state index in [1.807, 2.05) is 0 Å². The zero-order chi connectivity index (χ0) is 22.2. The van der Waals surface area contributed by atoms with E-state index in [-0.39, 0.29) is 17.3 Å². The second kappa shape index (κ2) is 8.39. The van der Waals surface area contributed by atoms with Crippen molar-refractivity contribution < 1.29 is 23.9 Å². The number of Topliss-reactive ketones (excluding diaryl/α,β-unsaturated/α-hetero) is 1. The summed E-state index contributed by atoms with van der Waals surface area (Å²) in [4.78, 5) is 39.9. The second-order valence-electron chi connectivity index (χ2n) is 7.80. The van der Waals surface area contributed by atoms with Crippen molar-refractivity contribution in [1.29, 1.82) is 0 Å². The zero-order valence-electron chi connectivity index (χ0n) is 17.3. The lowest BCUT2D eigenvalue weighted by Gasteiger charge is -2.35. The molecule has 2 aromatic rings. The van der Waals surface area contributed by atoms with Crippen molar-refractivity contribution in [2.24, 2.45) is 12.8 Å². The zero-order valence-corrected chi connectivity index (χ0v) is 17.3. The van der Waals surface area contributed by atoms with Crippen LogP contribution < -0.4 is 10.6 Å². The maximum absolute atomic E-state index is 13.4. The van der Waals surface area contributed by atoms with Crippen LogP contribution in [-0.2, 0) is 11.8 Å². The molecule has 8 heteroatoms. The molecule has 7 nitrogen and oxygen atoms in total. The van der Waals surface area contributed by atoms with E-state index in [9.17, 15) is 23.9 Å². The lowest BCUT2D eigenvalue weighted by molar-refractivity contribution is -0.115. The molecule has 1 aromatic heterocycles. The van der Waals surface area contributed by atoms with Gasteiger partial charge < -0.3 is 20.3 Å². The molecule has 1 saturated carbocycles. The number of aromatic nitrogens is 1. The molecule has 160 valence electrons. The molecule has 30 heavy (non-hydrogen) atoms. The quantitative estimate of drug-likeness (QED) is 0.578. The highest BCUT2D eigenvalue weighted by Gasteiger charge is 2.36. The predicted molar refractivity (Wildman–Crippen MR) is 110 cm³/mol. The number of hydrogen-bond donors (Lipinski definition) is 2. The van der Waals surface area contributed by atoms with Gasteiger partial charge in [0.2, 0.25) is 0 Å². The fourth-order valence-electron chi connectivity index (χ4n) is 4.29. The number of rotatable bonds is 5. The Kier molecular flexibility index (Phi) is 6.07. The minimum absolute atomic E-state index is 0.106. The summed E-state index contributed by atoms with van der Waals surface area (Å²) in [6.07, 6.45) is 1.64. The Morgan fingerprint density at radius 2 is 1.67 bits per heavy atom. The Morgan fingerprint density at radius 1 is 1.10 bits per heavy atom. The van der Waals surface area contributed by atoms with Crippen LogP contribution in [0.1, 0.15) is 57.8 Å². The summed E-state index contributed by atoms with van der Waals surface area (Å²) >= 11 is 0. The first-order valence-electron chi connectivity index (χ1n) is 9.90. The molecule has 3 N–H and O–H groups in total. The third-order valence-corrected chi connectivity index (χ3v) is 5.94. The van der Waals surface area contributed by atoms with Gasteiger partial charge in [-0.25, -0.2) is 4.39 Å². The van der Waals surface area contributed by atoms with Crippen molar-refractivity contribution >= 4 is 23.3 Å². The van der Waals surface area contributed by atoms with E-state index in [1.54, 1.807) is 20.9 Å². The number of anilines is 1. The molecular formula is C22H26FN3O4. The SMILES string of the molecule is Cc1c(C(N)=O)c(C)n(C)c1C(=O)C(=O)N(c1ccc(F)cc1)C1CCC(O)CC1. The molecule has 0 saturated heterocycles. The number of benzene rings is 1. The van der Waals surface area contributed by atoms with Crippen molar-refractivity contribution in [2.45, 2.75) is 51.7 Å².